The molecule has 0 aliphatic carbocycles. The first-order valence-corrected chi connectivity index (χ1v) is 5.70. The summed E-state index contributed by atoms with van der Waals surface area (Å²) in [5.41, 5.74) is 0. The number of hydrogen-bond donors (Lipinski definition) is 0. The van der Waals surface area contributed by atoms with Crippen molar-refractivity contribution in [3.05, 3.63) is 30.3 Å². The summed E-state index contributed by atoms with van der Waals surface area (Å²) < 4.78 is 5.12. The first-order chi connectivity index (χ1) is 6.84. The quantitative estimate of drug-likeness (QED) is 0.564. The van der Waals surface area contributed by atoms with Crippen molar-refractivity contribution < 1.29 is 9.53 Å². The fourth-order valence-corrected chi connectivity index (χ4v) is 2.37. The minimum Gasteiger partial charge on any atom is -0.461 e. The van der Waals surface area contributed by atoms with Gasteiger partial charge < -0.3 is 4.74 Å². The molecule has 1 aliphatic heterocycles. The van der Waals surface area contributed by atoms with E-state index in [4.69, 9.17) is 4.74 Å². The van der Waals surface area contributed by atoms with Crippen molar-refractivity contribution in [2.75, 3.05) is 5.75 Å². The van der Waals surface area contributed by atoms with E-state index in [2.05, 4.69) is 12.1 Å². The van der Waals surface area contributed by atoms with Crippen LogP contribution in [-0.4, -0.2) is 17.8 Å². The van der Waals surface area contributed by atoms with Crippen LogP contribution in [0.4, 0.5) is 0 Å². The first-order valence-electron chi connectivity index (χ1n) is 4.72. The Labute approximate surface area is 87.6 Å². The van der Waals surface area contributed by atoms with Crippen LogP contribution in [0.25, 0.3) is 0 Å². The predicted octanol–water partition coefficient (Wildman–Crippen LogP) is 2.48. The zero-order valence-corrected chi connectivity index (χ0v) is 8.63. The summed E-state index contributed by atoms with van der Waals surface area (Å²) in [6.45, 7) is 0. The van der Waals surface area contributed by atoms with Gasteiger partial charge in [-0.05, 0) is 18.6 Å². The van der Waals surface area contributed by atoms with Gasteiger partial charge in [0.15, 0.2) is 0 Å². The Morgan fingerprint density at radius 3 is 2.79 bits per heavy atom. The van der Waals surface area contributed by atoms with E-state index in [1.54, 1.807) is 11.8 Å². The molecule has 1 aromatic carbocycles. The van der Waals surface area contributed by atoms with Crippen molar-refractivity contribution in [2.24, 2.45) is 0 Å². The van der Waals surface area contributed by atoms with Crippen LogP contribution in [0.15, 0.2) is 35.2 Å². The van der Waals surface area contributed by atoms with Gasteiger partial charge in [-0.15, -0.1) is 11.8 Å². The zero-order chi connectivity index (χ0) is 9.80. The average Bonchev–Trinajstić information content (AvgIpc) is 2.63. The molecule has 1 saturated heterocycles. The van der Waals surface area contributed by atoms with Gasteiger partial charge in [-0.3, -0.25) is 4.79 Å². The molecule has 74 valence electrons. The Hall–Kier alpha value is -0.960. The Bertz CT molecular complexity index is 310. The Balaban J connectivity index is 1.80. The van der Waals surface area contributed by atoms with Crippen LogP contribution in [0.1, 0.15) is 12.8 Å². The van der Waals surface area contributed by atoms with Crippen molar-refractivity contribution in [1.29, 1.82) is 0 Å². The highest BCUT2D eigenvalue weighted by Gasteiger charge is 2.22. The smallest absolute Gasteiger partial charge is 0.306 e. The van der Waals surface area contributed by atoms with Gasteiger partial charge in [-0.2, -0.15) is 0 Å². The molecule has 1 aromatic rings. The number of carbonyl (C=O) groups excluding carboxylic acids is 1. The van der Waals surface area contributed by atoms with E-state index < -0.39 is 0 Å². The molecule has 1 atom stereocenters. The van der Waals surface area contributed by atoms with E-state index in [-0.39, 0.29) is 12.1 Å². The second kappa shape index (κ2) is 4.51. The summed E-state index contributed by atoms with van der Waals surface area (Å²) in [6, 6.07) is 10.2. The summed E-state index contributed by atoms with van der Waals surface area (Å²) in [6.07, 6.45) is 1.58. The Morgan fingerprint density at radius 1 is 1.36 bits per heavy atom. The fraction of sp³-hybridized carbons (Fsp3) is 0.364. The molecule has 1 unspecified atom stereocenters. The number of rotatable bonds is 3. The van der Waals surface area contributed by atoms with Gasteiger partial charge in [-0.1, -0.05) is 18.2 Å². The summed E-state index contributed by atoms with van der Waals surface area (Å²) in [5.74, 6) is 0.819. The molecule has 14 heavy (non-hydrogen) atoms. The summed E-state index contributed by atoms with van der Waals surface area (Å²) >= 11 is 1.74. The molecule has 1 heterocycles. The first kappa shape index (κ1) is 9.59. The van der Waals surface area contributed by atoms with Gasteiger partial charge >= 0.3 is 5.97 Å². The maximum Gasteiger partial charge on any atom is 0.306 e. The number of esters is 1. The molecule has 2 nitrogen and oxygen atoms in total. The summed E-state index contributed by atoms with van der Waals surface area (Å²) in [5, 5.41) is 0. The molecule has 0 bridgehead atoms. The molecular weight excluding hydrogens is 196 g/mol. The molecule has 0 spiro atoms. The third-order valence-electron chi connectivity index (χ3n) is 2.15. The van der Waals surface area contributed by atoms with Gasteiger partial charge in [0.05, 0.1) is 0 Å². The lowest BCUT2D eigenvalue weighted by atomic mass is 10.3. The monoisotopic (exact) mass is 208 g/mol. The molecule has 0 amide bonds. The van der Waals surface area contributed by atoms with Crippen molar-refractivity contribution in [1.82, 2.24) is 0 Å². The molecule has 2 rings (SSSR count). The van der Waals surface area contributed by atoms with Gasteiger partial charge in [0.2, 0.25) is 0 Å². The number of carbonyl (C=O) groups is 1. The lowest BCUT2D eigenvalue weighted by molar-refractivity contribution is -0.140. The second-order valence-corrected chi connectivity index (χ2v) is 4.37. The van der Waals surface area contributed by atoms with Crippen molar-refractivity contribution >= 4 is 17.7 Å². The lowest BCUT2D eigenvalue weighted by Gasteiger charge is -2.07. The molecule has 0 saturated carbocycles. The third kappa shape index (κ3) is 2.51. The molecular formula is C11H12O2S. The highest BCUT2D eigenvalue weighted by Crippen LogP contribution is 2.23. The lowest BCUT2D eigenvalue weighted by Crippen LogP contribution is -2.09. The van der Waals surface area contributed by atoms with Gasteiger partial charge in [-0.25, -0.2) is 0 Å². The second-order valence-electron chi connectivity index (χ2n) is 3.27. The van der Waals surface area contributed by atoms with E-state index in [9.17, 15) is 4.79 Å². The number of ether oxygens (including phenoxy) is 1. The normalized spacial score (nSPS) is 20.9. The highest BCUT2D eigenvalue weighted by molar-refractivity contribution is 7.99. The molecule has 1 aliphatic rings. The molecule has 0 radical (unpaired) electrons. The molecule has 3 heteroatoms. The van der Waals surface area contributed by atoms with E-state index in [1.807, 2.05) is 18.2 Å². The molecule has 0 N–H and O–H groups in total. The SMILES string of the molecule is O=C1CCC(CSc2ccccc2)O1. The Morgan fingerprint density at radius 2 is 2.14 bits per heavy atom. The number of thioether (sulfide) groups is 1. The van der Waals surface area contributed by atoms with Crippen molar-refractivity contribution in [3.63, 3.8) is 0 Å². The van der Waals surface area contributed by atoms with E-state index >= 15 is 0 Å². The standard InChI is InChI=1S/C11H12O2S/c12-11-7-6-9(13-11)8-14-10-4-2-1-3-5-10/h1-5,9H,6-8H2. The van der Waals surface area contributed by atoms with Crippen LogP contribution in [0.5, 0.6) is 0 Å². The van der Waals surface area contributed by atoms with Crippen LogP contribution in [0.3, 0.4) is 0 Å². The largest absolute Gasteiger partial charge is 0.461 e. The highest BCUT2D eigenvalue weighted by atomic mass is 32.2. The third-order valence-corrected chi connectivity index (χ3v) is 3.29. The van der Waals surface area contributed by atoms with Crippen LogP contribution in [0, 0.1) is 0 Å². The van der Waals surface area contributed by atoms with Crippen LogP contribution in [0.2, 0.25) is 0 Å². The Kier molecular flexibility index (Phi) is 3.09. The fourth-order valence-electron chi connectivity index (χ4n) is 1.41. The predicted molar refractivity (Wildman–Crippen MR) is 56.3 cm³/mol. The minimum absolute atomic E-state index is 0.0522. The topological polar surface area (TPSA) is 26.3 Å². The maximum absolute atomic E-state index is 10.8. The maximum atomic E-state index is 10.8. The minimum atomic E-state index is -0.0522. The van der Waals surface area contributed by atoms with Crippen molar-refractivity contribution in [3.8, 4) is 0 Å². The van der Waals surface area contributed by atoms with E-state index in [1.165, 1.54) is 4.90 Å². The molecule has 1 fully saturated rings. The van der Waals surface area contributed by atoms with Gasteiger partial charge in [0.1, 0.15) is 6.10 Å². The average molecular weight is 208 g/mol. The van der Waals surface area contributed by atoms with E-state index in [0.29, 0.717) is 6.42 Å². The number of benzene rings is 1. The van der Waals surface area contributed by atoms with Crippen molar-refractivity contribution in [2.45, 2.75) is 23.8 Å². The van der Waals surface area contributed by atoms with Crippen LogP contribution >= 0.6 is 11.8 Å². The summed E-state index contributed by atoms with van der Waals surface area (Å²) in [7, 11) is 0. The van der Waals surface area contributed by atoms with E-state index in [0.717, 1.165) is 12.2 Å². The van der Waals surface area contributed by atoms with Crippen LogP contribution < -0.4 is 0 Å². The number of hydrogen-bond acceptors (Lipinski definition) is 3. The zero-order valence-electron chi connectivity index (χ0n) is 7.81. The van der Waals surface area contributed by atoms with Gasteiger partial charge in [0, 0.05) is 17.1 Å². The van der Waals surface area contributed by atoms with Gasteiger partial charge in [0.25, 0.3) is 0 Å². The van der Waals surface area contributed by atoms with Crippen LogP contribution in [-0.2, 0) is 9.53 Å². The summed E-state index contributed by atoms with van der Waals surface area (Å²) in [4.78, 5) is 12.1. The molecule has 0 aromatic heterocycles. The number of cyclic esters (lactones) is 1.